The van der Waals surface area contributed by atoms with E-state index in [2.05, 4.69) is 6.92 Å². The number of rotatable bonds is 5. The van der Waals surface area contributed by atoms with Gasteiger partial charge in [0.25, 0.3) is 0 Å². The summed E-state index contributed by atoms with van der Waals surface area (Å²) in [5.74, 6) is 0. The van der Waals surface area contributed by atoms with Crippen LogP contribution in [0.3, 0.4) is 0 Å². The van der Waals surface area contributed by atoms with Gasteiger partial charge in [0.2, 0.25) is 0 Å². The molecule has 0 rings (SSSR count). The monoisotopic (exact) mass is 129 g/mol. The van der Waals surface area contributed by atoms with Crippen molar-refractivity contribution in [2.45, 2.75) is 38.6 Å². The highest BCUT2D eigenvalue weighted by Gasteiger charge is 1.96. The van der Waals surface area contributed by atoms with E-state index in [1.165, 1.54) is 12.8 Å². The van der Waals surface area contributed by atoms with Crippen LogP contribution in [-0.4, -0.2) is 12.3 Å². The minimum atomic E-state index is -0.225. The molecule has 2 N–H and O–H groups in total. The third-order valence-corrected chi connectivity index (χ3v) is 1.32. The Bertz CT molecular complexity index is 73.3. The first-order valence-corrected chi connectivity index (χ1v) is 3.52. The number of hydrogen-bond acceptors (Lipinski definition) is 2. The second kappa shape index (κ2) is 5.76. The molecule has 0 aliphatic rings. The van der Waals surface area contributed by atoms with E-state index >= 15 is 0 Å². The first kappa shape index (κ1) is 8.63. The van der Waals surface area contributed by atoms with Gasteiger partial charge in [0, 0.05) is 0 Å². The lowest BCUT2D eigenvalue weighted by Gasteiger charge is -2.00. The highest BCUT2D eigenvalue weighted by atomic mass is 16.1. The second-order valence-electron chi connectivity index (χ2n) is 2.30. The van der Waals surface area contributed by atoms with Crippen LogP contribution < -0.4 is 5.73 Å². The Hall–Kier alpha value is -0.370. The zero-order valence-electron chi connectivity index (χ0n) is 5.97. The number of unbranched alkanes of at least 4 members (excludes halogenated alkanes) is 2. The molecule has 0 saturated carbocycles. The zero-order valence-corrected chi connectivity index (χ0v) is 5.97. The maximum Gasteiger partial charge on any atom is 0.136 e. The SMILES string of the molecule is CCCCCC(N)C=O. The first-order valence-electron chi connectivity index (χ1n) is 3.52. The molecule has 0 bridgehead atoms. The van der Waals surface area contributed by atoms with Crippen molar-refractivity contribution in [3.8, 4) is 0 Å². The Morgan fingerprint density at radius 2 is 2.22 bits per heavy atom. The van der Waals surface area contributed by atoms with Crippen LogP contribution in [0.15, 0.2) is 0 Å². The lowest BCUT2D eigenvalue weighted by atomic mass is 10.1. The van der Waals surface area contributed by atoms with Gasteiger partial charge in [-0.05, 0) is 6.42 Å². The van der Waals surface area contributed by atoms with E-state index < -0.39 is 0 Å². The van der Waals surface area contributed by atoms with Crippen LogP contribution in [0.2, 0.25) is 0 Å². The summed E-state index contributed by atoms with van der Waals surface area (Å²) in [7, 11) is 0. The highest BCUT2D eigenvalue weighted by Crippen LogP contribution is 1.99. The highest BCUT2D eigenvalue weighted by molar-refractivity contribution is 5.56. The molecule has 0 aromatic heterocycles. The van der Waals surface area contributed by atoms with Crippen molar-refractivity contribution in [1.29, 1.82) is 0 Å². The van der Waals surface area contributed by atoms with Crippen LogP contribution in [0.4, 0.5) is 0 Å². The van der Waals surface area contributed by atoms with Gasteiger partial charge >= 0.3 is 0 Å². The molecule has 2 nitrogen and oxygen atoms in total. The van der Waals surface area contributed by atoms with Crippen LogP contribution in [0.5, 0.6) is 0 Å². The Kier molecular flexibility index (Phi) is 5.52. The fourth-order valence-corrected chi connectivity index (χ4v) is 0.698. The summed E-state index contributed by atoms with van der Waals surface area (Å²) in [6.07, 6.45) is 5.11. The molecule has 0 aliphatic heterocycles. The molecule has 0 saturated heterocycles. The van der Waals surface area contributed by atoms with Crippen molar-refractivity contribution < 1.29 is 4.79 Å². The molecule has 0 fully saturated rings. The molecular weight excluding hydrogens is 114 g/mol. The summed E-state index contributed by atoms with van der Waals surface area (Å²) >= 11 is 0. The van der Waals surface area contributed by atoms with Crippen molar-refractivity contribution >= 4 is 6.29 Å². The molecule has 0 heterocycles. The lowest BCUT2D eigenvalue weighted by Crippen LogP contribution is -2.20. The summed E-state index contributed by atoms with van der Waals surface area (Å²) in [6.45, 7) is 2.13. The lowest BCUT2D eigenvalue weighted by molar-refractivity contribution is -0.109. The summed E-state index contributed by atoms with van der Waals surface area (Å²) in [6, 6.07) is -0.225. The van der Waals surface area contributed by atoms with Crippen LogP contribution in [-0.2, 0) is 4.79 Å². The predicted molar refractivity (Wildman–Crippen MR) is 38.2 cm³/mol. The van der Waals surface area contributed by atoms with Gasteiger partial charge in [-0.15, -0.1) is 0 Å². The smallest absolute Gasteiger partial charge is 0.136 e. The molecule has 0 aromatic carbocycles. The molecule has 1 atom stereocenters. The Morgan fingerprint density at radius 1 is 1.56 bits per heavy atom. The number of aldehydes is 1. The van der Waals surface area contributed by atoms with Crippen molar-refractivity contribution in [3.05, 3.63) is 0 Å². The molecule has 0 radical (unpaired) electrons. The maximum absolute atomic E-state index is 9.97. The van der Waals surface area contributed by atoms with E-state index in [4.69, 9.17) is 5.73 Å². The average molecular weight is 129 g/mol. The topological polar surface area (TPSA) is 43.1 Å². The number of carbonyl (C=O) groups excluding carboxylic acids is 1. The average Bonchev–Trinajstić information content (AvgIpc) is 1.89. The van der Waals surface area contributed by atoms with E-state index in [1.807, 2.05) is 0 Å². The summed E-state index contributed by atoms with van der Waals surface area (Å²) < 4.78 is 0. The second-order valence-corrected chi connectivity index (χ2v) is 2.30. The molecule has 1 unspecified atom stereocenters. The largest absolute Gasteiger partial charge is 0.322 e. The molecule has 0 amide bonds. The molecule has 54 valence electrons. The minimum absolute atomic E-state index is 0.225. The van der Waals surface area contributed by atoms with E-state index in [1.54, 1.807) is 0 Å². The van der Waals surface area contributed by atoms with E-state index in [9.17, 15) is 4.79 Å². The Balaban J connectivity index is 2.96. The fraction of sp³-hybridized carbons (Fsp3) is 0.857. The third-order valence-electron chi connectivity index (χ3n) is 1.32. The summed E-state index contributed by atoms with van der Waals surface area (Å²) in [5.41, 5.74) is 5.35. The first-order chi connectivity index (χ1) is 4.31. The van der Waals surface area contributed by atoms with Crippen molar-refractivity contribution in [3.63, 3.8) is 0 Å². The van der Waals surface area contributed by atoms with E-state index in [0.717, 1.165) is 19.1 Å². The van der Waals surface area contributed by atoms with Crippen LogP contribution in [0, 0.1) is 0 Å². The summed E-state index contributed by atoms with van der Waals surface area (Å²) in [5, 5.41) is 0. The van der Waals surface area contributed by atoms with Crippen LogP contribution in [0.25, 0.3) is 0 Å². The third kappa shape index (κ3) is 5.50. The van der Waals surface area contributed by atoms with Gasteiger partial charge in [-0.3, -0.25) is 0 Å². The number of carbonyl (C=O) groups is 1. The standard InChI is InChI=1S/C7H15NO/c1-2-3-4-5-7(8)6-9/h6-7H,2-5,8H2,1H3. The van der Waals surface area contributed by atoms with Gasteiger partial charge in [-0.25, -0.2) is 0 Å². The molecular formula is C7H15NO. The zero-order chi connectivity index (χ0) is 7.11. The maximum atomic E-state index is 9.97. The van der Waals surface area contributed by atoms with E-state index in [0.29, 0.717) is 0 Å². The quantitative estimate of drug-likeness (QED) is 0.446. The normalized spacial score (nSPS) is 13.1. The molecule has 0 spiro atoms. The predicted octanol–water partition coefficient (Wildman–Crippen LogP) is 1.09. The van der Waals surface area contributed by atoms with Gasteiger partial charge in [0.15, 0.2) is 0 Å². The van der Waals surface area contributed by atoms with Gasteiger partial charge in [0.1, 0.15) is 6.29 Å². The number of nitrogens with two attached hydrogens (primary N) is 1. The number of hydrogen-bond donors (Lipinski definition) is 1. The van der Waals surface area contributed by atoms with Gasteiger partial charge in [0.05, 0.1) is 6.04 Å². The fourth-order valence-electron chi connectivity index (χ4n) is 0.698. The Labute approximate surface area is 56.4 Å². The van der Waals surface area contributed by atoms with Crippen molar-refractivity contribution in [2.24, 2.45) is 5.73 Å². The minimum Gasteiger partial charge on any atom is -0.322 e. The van der Waals surface area contributed by atoms with E-state index in [-0.39, 0.29) is 6.04 Å². The van der Waals surface area contributed by atoms with Gasteiger partial charge < -0.3 is 10.5 Å². The van der Waals surface area contributed by atoms with Crippen molar-refractivity contribution in [1.82, 2.24) is 0 Å². The van der Waals surface area contributed by atoms with Crippen molar-refractivity contribution in [2.75, 3.05) is 0 Å². The van der Waals surface area contributed by atoms with Gasteiger partial charge in [-0.1, -0.05) is 26.2 Å². The Morgan fingerprint density at radius 3 is 2.67 bits per heavy atom. The molecule has 0 aliphatic carbocycles. The van der Waals surface area contributed by atoms with Crippen LogP contribution in [0.1, 0.15) is 32.6 Å². The molecule has 9 heavy (non-hydrogen) atoms. The van der Waals surface area contributed by atoms with Crippen LogP contribution >= 0.6 is 0 Å². The van der Waals surface area contributed by atoms with Gasteiger partial charge in [-0.2, -0.15) is 0 Å². The molecule has 2 heteroatoms. The summed E-state index contributed by atoms with van der Waals surface area (Å²) in [4.78, 5) is 9.97. The molecule has 0 aromatic rings.